The maximum Gasteiger partial charge on any atom is 0.143 e. The Balaban J connectivity index is 2.21. The molecule has 0 atom stereocenters. The molecule has 0 spiro atoms. The molecule has 0 saturated heterocycles. The maximum atomic E-state index is 6.10. The van der Waals surface area contributed by atoms with E-state index in [9.17, 15) is 0 Å². The van der Waals surface area contributed by atoms with Crippen LogP contribution in [-0.4, -0.2) is 23.8 Å². The topological polar surface area (TPSA) is 48.3 Å². The third-order valence-electron chi connectivity index (χ3n) is 3.22. The van der Waals surface area contributed by atoms with Gasteiger partial charge in [0.2, 0.25) is 0 Å². The van der Waals surface area contributed by atoms with Crippen LogP contribution in [0.3, 0.4) is 0 Å². The second kappa shape index (κ2) is 6.72. The van der Waals surface area contributed by atoms with Crippen molar-refractivity contribution in [2.75, 3.05) is 19.5 Å². The van der Waals surface area contributed by atoms with Gasteiger partial charge in [-0.05, 0) is 13.8 Å². The molecule has 2 aromatic rings. The summed E-state index contributed by atoms with van der Waals surface area (Å²) in [6, 6.07) is 3.92. The highest BCUT2D eigenvalue weighted by Gasteiger charge is 2.11. The second-order valence-electron chi connectivity index (χ2n) is 4.89. The molecule has 2 rings (SSSR count). The first-order chi connectivity index (χ1) is 10.1. The van der Waals surface area contributed by atoms with Crippen molar-refractivity contribution < 1.29 is 9.47 Å². The molecule has 1 heterocycles. The molecular formula is C15H20ClN3O2. The average molecular weight is 310 g/mol. The number of ether oxygens (including phenoxy) is 2. The Morgan fingerprint density at radius 1 is 1.24 bits per heavy atom. The number of hydrogen-bond donors (Lipinski definition) is 1. The number of rotatable bonds is 6. The molecule has 0 bridgehead atoms. The molecular weight excluding hydrogens is 290 g/mol. The SMILES string of the molecule is COc1cc(NCc2nccn2C(C)C)c(OC)cc1Cl. The van der Waals surface area contributed by atoms with Crippen molar-refractivity contribution in [1.82, 2.24) is 9.55 Å². The van der Waals surface area contributed by atoms with Crippen LogP contribution in [-0.2, 0) is 6.54 Å². The summed E-state index contributed by atoms with van der Waals surface area (Å²) in [4.78, 5) is 4.37. The van der Waals surface area contributed by atoms with Gasteiger partial charge in [0.15, 0.2) is 0 Å². The molecule has 1 N–H and O–H groups in total. The highest BCUT2D eigenvalue weighted by molar-refractivity contribution is 6.32. The molecule has 1 aromatic heterocycles. The van der Waals surface area contributed by atoms with E-state index in [1.165, 1.54) is 0 Å². The van der Waals surface area contributed by atoms with Crippen molar-refractivity contribution in [3.63, 3.8) is 0 Å². The van der Waals surface area contributed by atoms with Crippen LogP contribution in [0.1, 0.15) is 25.7 Å². The number of anilines is 1. The van der Waals surface area contributed by atoms with Crippen molar-refractivity contribution in [3.8, 4) is 11.5 Å². The molecule has 0 aliphatic rings. The Labute approximate surface area is 129 Å². The number of methoxy groups -OCH3 is 2. The number of aromatic nitrogens is 2. The van der Waals surface area contributed by atoms with Gasteiger partial charge in [0, 0.05) is 30.6 Å². The highest BCUT2D eigenvalue weighted by atomic mass is 35.5. The fourth-order valence-electron chi connectivity index (χ4n) is 2.12. The first kappa shape index (κ1) is 15.5. The zero-order valence-electron chi connectivity index (χ0n) is 12.7. The molecule has 0 amide bonds. The predicted octanol–water partition coefficient (Wildman–Crippen LogP) is 3.75. The van der Waals surface area contributed by atoms with Gasteiger partial charge in [-0.25, -0.2) is 4.98 Å². The van der Waals surface area contributed by atoms with E-state index in [0.717, 1.165) is 11.5 Å². The Hall–Kier alpha value is -1.88. The lowest BCUT2D eigenvalue weighted by Crippen LogP contribution is -2.10. The van der Waals surface area contributed by atoms with Crippen molar-refractivity contribution in [3.05, 3.63) is 35.4 Å². The van der Waals surface area contributed by atoms with Crippen LogP contribution in [0.25, 0.3) is 0 Å². The van der Waals surface area contributed by atoms with E-state index in [1.807, 2.05) is 12.3 Å². The zero-order chi connectivity index (χ0) is 15.4. The Morgan fingerprint density at radius 3 is 2.57 bits per heavy atom. The molecule has 0 aliphatic heterocycles. The second-order valence-corrected chi connectivity index (χ2v) is 5.29. The summed E-state index contributed by atoms with van der Waals surface area (Å²) >= 11 is 6.10. The van der Waals surface area contributed by atoms with E-state index in [1.54, 1.807) is 26.5 Å². The Kier molecular flexibility index (Phi) is 4.96. The largest absolute Gasteiger partial charge is 0.495 e. The minimum absolute atomic E-state index is 0.367. The van der Waals surface area contributed by atoms with Crippen molar-refractivity contribution in [2.45, 2.75) is 26.4 Å². The third kappa shape index (κ3) is 3.42. The smallest absolute Gasteiger partial charge is 0.143 e. The number of nitrogens with zero attached hydrogens (tertiary/aromatic N) is 2. The molecule has 0 saturated carbocycles. The number of hydrogen-bond acceptors (Lipinski definition) is 4. The van der Waals surface area contributed by atoms with Gasteiger partial charge in [0.1, 0.15) is 17.3 Å². The lowest BCUT2D eigenvalue weighted by molar-refractivity contribution is 0.404. The van der Waals surface area contributed by atoms with Crippen LogP contribution in [0, 0.1) is 0 Å². The van der Waals surface area contributed by atoms with Crippen LogP contribution in [0.2, 0.25) is 5.02 Å². The fourth-order valence-corrected chi connectivity index (χ4v) is 2.35. The fraction of sp³-hybridized carbons (Fsp3) is 0.400. The normalized spacial score (nSPS) is 10.8. The average Bonchev–Trinajstić information content (AvgIpc) is 2.94. The van der Waals surface area contributed by atoms with Gasteiger partial charge in [-0.2, -0.15) is 0 Å². The molecule has 0 aliphatic carbocycles. The molecule has 5 nitrogen and oxygen atoms in total. The van der Waals surface area contributed by atoms with E-state index in [2.05, 4.69) is 28.7 Å². The Morgan fingerprint density at radius 2 is 1.95 bits per heavy atom. The minimum atomic E-state index is 0.367. The summed E-state index contributed by atoms with van der Waals surface area (Å²) in [5.74, 6) is 2.23. The lowest BCUT2D eigenvalue weighted by atomic mass is 10.2. The quantitative estimate of drug-likeness (QED) is 0.883. The van der Waals surface area contributed by atoms with Crippen molar-refractivity contribution in [1.29, 1.82) is 0 Å². The molecule has 114 valence electrons. The number of benzene rings is 1. The van der Waals surface area contributed by atoms with Crippen LogP contribution >= 0.6 is 11.6 Å². The molecule has 0 radical (unpaired) electrons. The third-order valence-corrected chi connectivity index (χ3v) is 3.51. The summed E-state index contributed by atoms with van der Waals surface area (Å²) < 4.78 is 12.7. The van der Waals surface area contributed by atoms with E-state index < -0.39 is 0 Å². The molecule has 6 heteroatoms. The van der Waals surface area contributed by atoms with E-state index >= 15 is 0 Å². The van der Waals surface area contributed by atoms with Crippen LogP contribution in [0.15, 0.2) is 24.5 Å². The van der Waals surface area contributed by atoms with Crippen molar-refractivity contribution >= 4 is 17.3 Å². The van der Waals surface area contributed by atoms with Gasteiger partial charge in [0.25, 0.3) is 0 Å². The minimum Gasteiger partial charge on any atom is -0.495 e. The lowest BCUT2D eigenvalue weighted by Gasteiger charge is -2.15. The van der Waals surface area contributed by atoms with Crippen LogP contribution < -0.4 is 14.8 Å². The number of nitrogens with one attached hydrogen (secondary N) is 1. The summed E-state index contributed by atoms with van der Waals surface area (Å²) in [5.41, 5.74) is 0.817. The zero-order valence-corrected chi connectivity index (χ0v) is 13.4. The van der Waals surface area contributed by atoms with Crippen molar-refractivity contribution in [2.24, 2.45) is 0 Å². The predicted molar refractivity (Wildman–Crippen MR) is 84.5 cm³/mol. The van der Waals surface area contributed by atoms with Gasteiger partial charge in [-0.15, -0.1) is 0 Å². The Bertz CT molecular complexity index is 611. The number of halogens is 1. The first-order valence-corrected chi connectivity index (χ1v) is 7.11. The summed E-state index contributed by atoms with van der Waals surface area (Å²) in [6.45, 7) is 4.83. The van der Waals surface area contributed by atoms with E-state index in [0.29, 0.717) is 29.1 Å². The summed E-state index contributed by atoms with van der Waals surface area (Å²) in [5, 5.41) is 3.83. The van der Waals surface area contributed by atoms with Gasteiger partial charge >= 0.3 is 0 Å². The van der Waals surface area contributed by atoms with Crippen LogP contribution in [0.4, 0.5) is 5.69 Å². The summed E-state index contributed by atoms with van der Waals surface area (Å²) in [7, 11) is 3.20. The number of imidazole rings is 1. The maximum absolute atomic E-state index is 6.10. The monoisotopic (exact) mass is 309 g/mol. The van der Waals surface area contributed by atoms with Gasteiger partial charge in [-0.3, -0.25) is 0 Å². The first-order valence-electron chi connectivity index (χ1n) is 6.74. The van der Waals surface area contributed by atoms with E-state index in [4.69, 9.17) is 21.1 Å². The van der Waals surface area contributed by atoms with Gasteiger partial charge in [0.05, 0.1) is 31.5 Å². The van der Waals surface area contributed by atoms with Gasteiger partial charge < -0.3 is 19.4 Å². The molecule has 1 aromatic carbocycles. The molecule has 0 unspecified atom stereocenters. The van der Waals surface area contributed by atoms with E-state index in [-0.39, 0.29) is 0 Å². The standard InChI is InChI=1S/C15H20ClN3O2/c1-10(2)19-6-5-17-15(19)9-18-12-8-13(20-3)11(16)7-14(12)21-4/h5-8,10,18H,9H2,1-4H3. The molecule has 0 fully saturated rings. The summed E-state index contributed by atoms with van der Waals surface area (Å²) in [6.07, 6.45) is 3.78. The van der Waals surface area contributed by atoms with Crippen LogP contribution in [0.5, 0.6) is 11.5 Å². The van der Waals surface area contributed by atoms with Gasteiger partial charge in [-0.1, -0.05) is 11.6 Å². The highest BCUT2D eigenvalue weighted by Crippen LogP contribution is 2.36. The molecule has 21 heavy (non-hydrogen) atoms.